The van der Waals surface area contributed by atoms with Crippen LogP contribution in [0.25, 0.3) is 11.0 Å². The highest BCUT2D eigenvalue weighted by Gasteiger charge is 2.18. The van der Waals surface area contributed by atoms with Gasteiger partial charge in [-0.1, -0.05) is 6.07 Å². The van der Waals surface area contributed by atoms with Crippen LogP contribution in [0, 0.1) is 0 Å². The van der Waals surface area contributed by atoms with E-state index >= 15 is 0 Å². The lowest BCUT2D eigenvalue weighted by Gasteiger charge is -2.28. The van der Waals surface area contributed by atoms with Gasteiger partial charge in [0, 0.05) is 24.6 Å². The van der Waals surface area contributed by atoms with Crippen LogP contribution in [0.2, 0.25) is 0 Å². The van der Waals surface area contributed by atoms with Gasteiger partial charge in [0.15, 0.2) is 0 Å². The molecule has 1 saturated heterocycles. The molecule has 2 heterocycles. The zero-order valence-electron chi connectivity index (χ0n) is 12.0. The number of hydrogen-bond acceptors (Lipinski definition) is 4. The maximum Gasteiger partial charge on any atom is 0.371 e. The molecule has 2 atom stereocenters. The molecule has 1 aliphatic rings. The Labute approximate surface area is 122 Å². The molecule has 2 aromatic rings. The maximum absolute atomic E-state index is 10.9. The van der Waals surface area contributed by atoms with Gasteiger partial charge in [0.25, 0.3) is 0 Å². The fourth-order valence-electron chi connectivity index (χ4n) is 2.75. The zero-order chi connectivity index (χ0) is 14.8. The molecule has 5 nitrogen and oxygen atoms in total. The molecule has 2 unspecified atom stereocenters. The van der Waals surface area contributed by atoms with Crippen LogP contribution in [0.5, 0.6) is 0 Å². The molecule has 1 aromatic carbocycles. The van der Waals surface area contributed by atoms with Crippen molar-refractivity contribution in [3.63, 3.8) is 0 Å². The first-order valence-electron chi connectivity index (χ1n) is 7.22. The van der Waals surface area contributed by atoms with Gasteiger partial charge in [-0.2, -0.15) is 0 Å². The van der Waals surface area contributed by atoms with E-state index in [1.165, 1.54) is 0 Å². The van der Waals surface area contributed by atoms with Crippen molar-refractivity contribution in [2.45, 2.75) is 38.5 Å². The summed E-state index contributed by atoms with van der Waals surface area (Å²) in [6, 6.07) is 7.81. The molecule has 112 valence electrons. The molecule has 1 fully saturated rings. The molecular formula is C16H19NO4. The second-order valence-corrected chi connectivity index (χ2v) is 5.57. The second kappa shape index (κ2) is 5.87. The summed E-state index contributed by atoms with van der Waals surface area (Å²) in [6.07, 6.45) is 2.37. The van der Waals surface area contributed by atoms with E-state index in [-0.39, 0.29) is 5.76 Å². The first kappa shape index (κ1) is 14.1. The Balaban J connectivity index is 1.68. The van der Waals surface area contributed by atoms with Crippen molar-refractivity contribution in [1.29, 1.82) is 0 Å². The van der Waals surface area contributed by atoms with E-state index in [9.17, 15) is 4.79 Å². The number of carboxylic acids is 1. The van der Waals surface area contributed by atoms with Crippen molar-refractivity contribution >= 4 is 16.9 Å². The third-order valence-electron chi connectivity index (χ3n) is 3.87. The second-order valence-electron chi connectivity index (χ2n) is 5.57. The first-order valence-corrected chi connectivity index (χ1v) is 7.22. The average molecular weight is 289 g/mol. The van der Waals surface area contributed by atoms with Gasteiger partial charge in [-0.3, -0.25) is 0 Å². The van der Waals surface area contributed by atoms with Crippen LogP contribution >= 0.6 is 0 Å². The molecule has 0 spiro atoms. The van der Waals surface area contributed by atoms with Crippen molar-refractivity contribution in [3.8, 4) is 0 Å². The van der Waals surface area contributed by atoms with E-state index < -0.39 is 5.97 Å². The fourth-order valence-corrected chi connectivity index (χ4v) is 2.75. The number of ether oxygens (including phenoxy) is 1. The Kier molecular flexibility index (Phi) is 3.94. The van der Waals surface area contributed by atoms with E-state index in [4.69, 9.17) is 14.3 Å². The number of furan rings is 1. The predicted molar refractivity (Wildman–Crippen MR) is 78.4 cm³/mol. The highest BCUT2D eigenvalue weighted by atomic mass is 16.5. The number of hydrogen-bond donors (Lipinski definition) is 2. The number of rotatable bonds is 4. The highest BCUT2D eigenvalue weighted by Crippen LogP contribution is 2.21. The van der Waals surface area contributed by atoms with Crippen LogP contribution in [0.1, 0.15) is 35.9 Å². The quantitative estimate of drug-likeness (QED) is 0.905. The molecule has 0 aliphatic carbocycles. The lowest BCUT2D eigenvalue weighted by atomic mass is 10.0. The van der Waals surface area contributed by atoms with Crippen molar-refractivity contribution in [1.82, 2.24) is 5.32 Å². The Hall–Kier alpha value is -1.85. The lowest BCUT2D eigenvalue weighted by molar-refractivity contribution is 0.0130. The van der Waals surface area contributed by atoms with Gasteiger partial charge in [-0.15, -0.1) is 0 Å². The molecule has 5 heteroatoms. The van der Waals surface area contributed by atoms with E-state index in [1.807, 2.05) is 18.2 Å². The molecule has 2 N–H and O–H groups in total. The summed E-state index contributed by atoms with van der Waals surface area (Å²) in [5.41, 5.74) is 1.73. The molecule has 1 aliphatic heterocycles. The standard InChI is InChI=1S/C16H19NO4/c1-10-6-13(4-5-20-10)17-9-11-2-3-14-12(7-11)8-15(21-14)16(18)19/h2-3,7-8,10,13,17H,4-6,9H2,1H3,(H,18,19). The number of benzene rings is 1. The molecule has 0 amide bonds. The van der Waals surface area contributed by atoms with E-state index in [0.717, 1.165) is 36.9 Å². The number of carbonyl (C=O) groups is 1. The van der Waals surface area contributed by atoms with Gasteiger partial charge in [-0.05, 0) is 43.5 Å². The summed E-state index contributed by atoms with van der Waals surface area (Å²) < 4.78 is 10.8. The van der Waals surface area contributed by atoms with Gasteiger partial charge >= 0.3 is 5.97 Å². The smallest absolute Gasteiger partial charge is 0.371 e. The van der Waals surface area contributed by atoms with Gasteiger partial charge in [0.05, 0.1) is 6.10 Å². The number of carboxylic acid groups (broad SMARTS) is 1. The summed E-state index contributed by atoms with van der Waals surface area (Å²) in [5.74, 6) is -1.06. The Morgan fingerprint density at radius 2 is 2.29 bits per heavy atom. The van der Waals surface area contributed by atoms with E-state index in [1.54, 1.807) is 6.07 Å². The van der Waals surface area contributed by atoms with Crippen LogP contribution in [0.3, 0.4) is 0 Å². The van der Waals surface area contributed by atoms with Crippen molar-refractivity contribution < 1.29 is 19.1 Å². The van der Waals surface area contributed by atoms with E-state index in [0.29, 0.717) is 17.7 Å². The minimum Gasteiger partial charge on any atom is -0.475 e. The Morgan fingerprint density at radius 1 is 1.43 bits per heavy atom. The summed E-state index contributed by atoms with van der Waals surface area (Å²) in [6.45, 7) is 3.67. The molecule has 1 aromatic heterocycles. The Morgan fingerprint density at radius 3 is 3.05 bits per heavy atom. The maximum atomic E-state index is 10.9. The largest absolute Gasteiger partial charge is 0.475 e. The lowest BCUT2D eigenvalue weighted by Crippen LogP contribution is -2.37. The molecule has 0 bridgehead atoms. The van der Waals surface area contributed by atoms with Crippen molar-refractivity contribution in [3.05, 3.63) is 35.6 Å². The third kappa shape index (κ3) is 3.25. The van der Waals surface area contributed by atoms with Crippen LogP contribution in [0.4, 0.5) is 0 Å². The highest BCUT2D eigenvalue weighted by molar-refractivity contribution is 5.91. The SMILES string of the molecule is CC1CC(NCc2ccc3oc(C(=O)O)cc3c2)CCO1. The number of nitrogens with one attached hydrogen (secondary N) is 1. The van der Waals surface area contributed by atoms with E-state index in [2.05, 4.69) is 12.2 Å². The van der Waals surface area contributed by atoms with Gasteiger partial charge < -0.3 is 19.6 Å². The topological polar surface area (TPSA) is 71.7 Å². The van der Waals surface area contributed by atoms with Crippen LogP contribution in [-0.4, -0.2) is 29.8 Å². The fraction of sp³-hybridized carbons (Fsp3) is 0.438. The van der Waals surface area contributed by atoms with Crippen LogP contribution in [-0.2, 0) is 11.3 Å². The number of aromatic carboxylic acids is 1. The molecular weight excluding hydrogens is 270 g/mol. The molecule has 0 saturated carbocycles. The summed E-state index contributed by atoms with van der Waals surface area (Å²) in [5, 5.41) is 13.3. The minimum absolute atomic E-state index is 0.0200. The van der Waals surface area contributed by atoms with Gasteiger partial charge in [0.1, 0.15) is 5.58 Å². The zero-order valence-corrected chi connectivity index (χ0v) is 12.0. The van der Waals surface area contributed by atoms with Crippen LogP contribution < -0.4 is 5.32 Å². The van der Waals surface area contributed by atoms with Crippen molar-refractivity contribution in [2.24, 2.45) is 0 Å². The van der Waals surface area contributed by atoms with Crippen molar-refractivity contribution in [2.75, 3.05) is 6.61 Å². The van der Waals surface area contributed by atoms with Crippen LogP contribution in [0.15, 0.2) is 28.7 Å². The molecule has 0 radical (unpaired) electrons. The predicted octanol–water partition coefficient (Wildman–Crippen LogP) is 2.79. The monoisotopic (exact) mass is 289 g/mol. The summed E-state index contributed by atoms with van der Waals surface area (Å²) in [4.78, 5) is 10.9. The summed E-state index contributed by atoms with van der Waals surface area (Å²) in [7, 11) is 0. The Bertz CT molecular complexity index is 649. The third-order valence-corrected chi connectivity index (χ3v) is 3.87. The molecule has 21 heavy (non-hydrogen) atoms. The first-order chi connectivity index (χ1) is 10.1. The number of fused-ring (bicyclic) bond motifs is 1. The van der Waals surface area contributed by atoms with Gasteiger partial charge in [-0.25, -0.2) is 4.79 Å². The normalized spacial score (nSPS) is 22.5. The minimum atomic E-state index is -1.04. The average Bonchev–Trinajstić information content (AvgIpc) is 2.88. The summed E-state index contributed by atoms with van der Waals surface area (Å²) >= 11 is 0. The van der Waals surface area contributed by atoms with Gasteiger partial charge in [0.2, 0.25) is 5.76 Å². The molecule has 3 rings (SSSR count).